The minimum Gasteiger partial charge on any atom is -0.471 e. The molecule has 1 atom stereocenters. The molecule has 0 unspecified atom stereocenters. The molecular formula is C24H25Cl2N7O3S. The third-order valence-electron chi connectivity index (χ3n) is 6.34. The summed E-state index contributed by atoms with van der Waals surface area (Å²) in [6, 6.07) is 7.68. The minimum absolute atomic E-state index is 0.326. The van der Waals surface area contributed by atoms with E-state index in [1.165, 1.54) is 23.0 Å². The molecule has 1 fully saturated rings. The van der Waals surface area contributed by atoms with E-state index >= 15 is 0 Å². The Balaban J connectivity index is 1.38. The van der Waals surface area contributed by atoms with Crippen molar-refractivity contribution in [1.82, 2.24) is 24.5 Å². The highest BCUT2D eigenvalue weighted by molar-refractivity contribution is 7.88. The van der Waals surface area contributed by atoms with E-state index in [-0.39, 0.29) is 0 Å². The number of aromatic amines is 1. The molecule has 194 valence electrons. The van der Waals surface area contributed by atoms with Crippen molar-refractivity contribution in [3.8, 4) is 17.0 Å². The lowest BCUT2D eigenvalue weighted by molar-refractivity contribution is 0.213. The van der Waals surface area contributed by atoms with E-state index in [0.717, 1.165) is 27.8 Å². The van der Waals surface area contributed by atoms with Crippen molar-refractivity contribution in [3.63, 3.8) is 0 Å². The van der Waals surface area contributed by atoms with E-state index in [9.17, 15) is 8.42 Å². The number of nitrogens with zero attached hydrogens (tertiary/aromatic N) is 5. The van der Waals surface area contributed by atoms with Gasteiger partial charge in [-0.2, -0.15) is 9.40 Å². The van der Waals surface area contributed by atoms with Crippen molar-refractivity contribution in [3.05, 3.63) is 64.0 Å². The van der Waals surface area contributed by atoms with Crippen molar-refractivity contribution in [2.45, 2.75) is 13.2 Å². The number of hydrogen-bond acceptors (Lipinski definition) is 8. The Morgan fingerprint density at radius 1 is 1.08 bits per heavy atom. The highest BCUT2D eigenvalue weighted by Crippen LogP contribution is 2.35. The first-order valence-electron chi connectivity index (χ1n) is 11.5. The maximum atomic E-state index is 11.8. The lowest BCUT2D eigenvalue weighted by atomic mass is 10.1. The van der Waals surface area contributed by atoms with Gasteiger partial charge in [0.25, 0.3) is 0 Å². The molecule has 10 nitrogen and oxygen atoms in total. The number of halogens is 2. The van der Waals surface area contributed by atoms with Gasteiger partial charge in [-0.3, -0.25) is 15.8 Å². The number of nitrogens with two attached hydrogens (primary N) is 1. The van der Waals surface area contributed by atoms with Crippen LogP contribution in [0.3, 0.4) is 0 Å². The molecule has 3 N–H and O–H groups in total. The van der Waals surface area contributed by atoms with Crippen LogP contribution in [0.15, 0.2) is 42.9 Å². The predicted octanol–water partition coefficient (Wildman–Crippen LogP) is 3.75. The lowest BCUT2D eigenvalue weighted by Gasteiger charge is -2.33. The lowest BCUT2D eigenvalue weighted by Crippen LogP contribution is -2.48. The van der Waals surface area contributed by atoms with Gasteiger partial charge in [0.2, 0.25) is 10.0 Å². The SMILES string of the molecule is Cc1cc2[nH]nc(-c3ccc(N4CCN(S(C)(=O)=O)CC4)nc3)c2cc1O[C@H](N)c1c(Cl)cncc1Cl. The summed E-state index contributed by atoms with van der Waals surface area (Å²) in [6.45, 7) is 3.95. The summed E-state index contributed by atoms with van der Waals surface area (Å²) >= 11 is 12.5. The highest BCUT2D eigenvalue weighted by atomic mass is 35.5. The first-order valence-corrected chi connectivity index (χ1v) is 14.1. The van der Waals surface area contributed by atoms with Gasteiger partial charge in [0.1, 0.15) is 17.3 Å². The molecule has 1 saturated heterocycles. The molecule has 5 rings (SSSR count). The molecule has 0 spiro atoms. The van der Waals surface area contributed by atoms with E-state index < -0.39 is 16.3 Å². The average molecular weight is 562 g/mol. The quantitative estimate of drug-likeness (QED) is 0.340. The van der Waals surface area contributed by atoms with Crippen LogP contribution < -0.4 is 15.4 Å². The molecule has 0 radical (unpaired) electrons. The minimum atomic E-state index is -3.18. The number of aryl methyl sites for hydroxylation is 1. The molecule has 0 saturated carbocycles. The molecule has 3 aromatic heterocycles. The van der Waals surface area contributed by atoms with E-state index in [1.54, 1.807) is 6.20 Å². The number of ether oxygens (including phenoxy) is 1. The number of fused-ring (bicyclic) bond motifs is 1. The molecular weight excluding hydrogens is 537 g/mol. The zero-order valence-corrected chi connectivity index (χ0v) is 22.5. The molecule has 4 aromatic rings. The van der Waals surface area contributed by atoms with Crippen LogP contribution in [0.2, 0.25) is 10.0 Å². The van der Waals surface area contributed by atoms with Crippen LogP contribution in [0.25, 0.3) is 22.2 Å². The number of piperazine rings is 1. The first kappa shape index (κ1) is 25.7. The Morgan fingerprint density at radius 3 is 2.41 bits per heavy atom. The number of H-pyrrole nitrogens is 1. The maximum Gasteiger partial charge on any atom is 0.211 e. The standard InChI is InChI=1S/C24H25Cl2N7O3S/c1-14-9-19-16(10-20(14)36-24(27)22-17(25)12-28-13-18(22)26)23(31-30-19)15-3-4-21(29-11-15)32-5-7-33(8-6-32)37(2,34)35/h3-4,9-13,24H,5-8,27H2,1-2H3,(H,30,31)/t24-/m0/s1. The van der Waals surface area contributed by atoms with Gasteiger partial charge in [0.05, 0.1) is 21.8 Å². The van der Waals surface area contributed by atoms with Gasteiger partial charge in [0, 0.05) is 61.3 Å². The van der Waals surface area contributed by atoms with Crippen molar-refractivity contribution in [2.75, 3.05) is 37.3 Å². The molecule has 1 aliphatic rings. The predicted molar refractivity (Wildman–Crippen MR) is 145 cm³/mol. The largest absolute Gasteiger partial charge is 0.471 e. The number of pyridine rings is 2. The number of anilines is 1. The van der Waals surface area contributed by atoms with E-state index in [4.69, 9.17) is 33.7 Å². The summed E-state index contributed by atoms with van der Waals surface area (Å²) < 4.78 is 31.1. The maximum absolute atomic E-state index is 11.8. The summed E-state index contributed by atoms with van der Waals surface area (Å²) in [7, 11) is -3.18. The second-order valence-electron chi connectivity index (χ2n) is 8.84. The van der Waals surface area contributed by atoms with E-state index in [1.807, 2.05) is 31.2 Å². The van der Waals surface area contributed by atoms with Crippen molar-refractivity contribution in [2.24, 2.45) is 5.73 Å². The van der Waals surface area contributed by atoms with Gasteiger partial charge in [0.15, 0.2) is 6.23 Å². The van der Waals surface area contributed by atoms with Crippen molar-refractivity contribution in [1.29, 1.82) is 0 Å². The van der Waals surface area contributed by atoms with Crippen LogP contribution in [0.5, 0.6) is 5.75 Å². The molecule has 0 amide bonds. The Morgan fingerprint density at radius 2 is 1.78 bits per heavy atom. The Kier molecular flexibility index (Phi) is 6.99. The molecule has 13 heteroatoms. The second kappa shape index (κ2) is 10.1. The zero-order chi connectivity index (χ0) is 26.3. The van der Waals surface area contributed by atoms with Gasteiger partial charge in [-0.15, -0.1) is 0 Å². The van der Waals surface area contributed by atoms with Gasteiger partial charge in [-0.25, -0.2) is 13.4 Å². The fourth-order valence-electron chi connectivity index (χ4n) is 4.35. The molecule has 1 aromatic carbocycles. The van der Waals surface area contributed by atoms with Gasteiger partial charge in [-0.1, -0.05) is 23.2 Å². The fourth-order valence-corrected chi connectivity index (χ4v) is 5.76. The van der Waals surface area contributed by atoms with Crippen molar-refractivity contribution < 1.29 is 13.2 Å². The van der Waals surface area contributed by atoms with Gasteiger partial charge in [-0.05, 0) is 36.8 Å². The van der Waals surface area contributed by atoms with Crippen LogP contribution in [0, 0.1) is 6.92 Å². The Hall–Kier alpha value is -2.96. The monoisotopic (exact) mass is 561 g/mol. The van der Waals surface area contributed by atoms with Gasteiger partial charge < -0.3 is 9.64 Å². The number of benzene rings is 1. The number of sulfonamides is 1. The van der Waals surface area contributed by atoms with Crippen molar-refractivity contribution >= 4 is 49.9 Å². The molecule has 0 aliphatic carbocycles. The number of rotatable bonds is 6. The smallest absolute Gasteiger partial charge is 0.211 e. The number of hydrogen-bond donors (Lipinski definition) is 2. The summed E-state index contributed by atoms with van der Waals surface area (Å²) in [5, 5.41) is 9.06. The van der Waals surface area contributed by atoms with Gasteiger partial charge >= 0.3 is 0 Å². The van der Waals surface area contributed by atoms with Crippen LogP contribution in [-0.2, 0) is 10.0 Å². The Bertz CT molecular complexity index is 1530. The van der Waals surface area contributed by atoms with Crippen LogP contribution in [-0.4, -0.2) is 65.3 Å². The summed E-state index contributed by atoms with van der Waals surface area (Å²) in [6.07, 6.45) is 5.05. The molecule has 4 heterocycles. The van der Waals surface area contributed by atoms with E-state index in [0.29, 0.717) is 53.2 Å². The topological polar surface area (TPSA) is 130 Å². The summed E-state index contributed by atoms with van der Waals surface area (Å²) in [5.74, 6) is 1.36. The molecule has 1 aliphatic heterocycles. The Labute approximate surface area is 224 Å². The second-order valence-corrected chi connectivity index (χ2v) is 11.6. The normalized spacial score (nSPS) is 15.8. The third kappa shape index (κ3) is 5.23. The van der Waals surface area contributed by atoms with E-state index in [2.05, 4.69) is 25.1 Å². The zero-order valence-electron chi connectivity index (χ0n) is 20.1. The highest BCUT2D eigenvalue weighted by Gasteiger charge is 2.24. The summed E-state index contributed by atoms with van der Waals surface area (Å²) in [5.41, 5.74) is 10.00. The third-order valence-corrected chi connectivity index (χ3v) is 8.25. The first-order chi connectivity index (χ1) is 17.6. The van der Waals surface area contributed by atoms with Crippen LogP contribution in [0.1, 0.15) is 17.4 Å². The number of nitrogens with one attached hydrogen (secondary N) is 1. The number of aromatic nitrogens is 4. The molecule has 0 bridgehead atoms. The average Bonchev–Trinajstić information content (AvgIpc) is 3.26. The molecule has 37 heavy (non-hydrogen) atoms. The fraction of sp³-hybridized carbons (Fsp3) is 0.292. The van der Waals surface area contributed by atoms with Crippen LogP contribution >= 0.6 is 23.2 Å². The summed E-state index contributed by atoms with van der Waals surface area (Å²) in [4.78, 5) is 10.6. The van der Waals surface area contributed by atoms with Crippen LogP contribution in [0.4, 0.5) is 5.82 Å².